The summed E-state index contributed by atoms with van der Waals surface area (Å²) in [4.78, 5) is 16.3. The Bertz CT molecular complexity index is 465. The molecule has 0 radical (unpaired) electrons. The van der Waals surface area contributed by atoms with E-state index in [1.807, 2.05) is 6.92 Å². The fourth-order valence-electron chi connectivity index (χ4n) is 2.28. The summed E-state index contributed by atoms with van der Waals surface area (Å²) < 4.78 is 5.58. The first-order valence-corrected chi connectivity index (χ1v) is 7.03. The first-order valence-electron chi connectivity index (χ1n) is 6.65. The standard InChI is InChI=1S/C14H19ClN2O2/c1-3-11-8-10(5-7-19-11)14(18)17-12-4-6-16-9(2)13(12)15/h4,6,10-11H,3,5,7-8H2,1-2H3,(H,16,17,18). The highest BCUT2D eigenvalue weighted by atomic mass is 35.5. The fourth-order valence-corrected chi connectivity index (χ4v) is 2.44. The first-order chi connectivity index (χ1) is 9.11. The van der Waals surface area contributed by atoms with E-state index in [4.69, 9.17) is 16.3 Å². The maximum Gasteiger partial charge on any atom is 0.227 e. The molecule has 19 heavy (non-hydrogen) atoms. The van der Waals surface area contributed by atoms with Crippen molar-refractivity contribution in [1.82, 2.24) is 4.98 Å². The van der Waals surface area contributed by atoms with E-state index < -0.39 is 0 Å². The number of carbonyl (C=O) groups is 1. The lowest BCUT2D eigenvalue weighted by molar-refractivity contribution is -0.124. The van der Waals surface area contributed by atoms with Crippen molar-refractivity contribution in [1.29, 1.82) is 0 Å². The number of hydrogen-bond donors (Lipinski definition) is 1. The molecule has 1 aliphatic heterocycles. The molecule has 0 aliphatic carbocycles. The number of ether oxygens (including phenoxy) is 1. The minimum Gasteiger partial charge on any atom is -0.378 e. The van der Waals surface area contributed by atoms with Crippen LogP contribution in [0.2, 0.25) is 5.02 Å². The molecule has 2 atom stereocenters. The summed E-state index contributed by atoms with van der Waals surface area (Å²) in [6.07, 6.45) is 4.34. The highest BCUT2D eigenvalue weighted by Gasteiger charge is 2.27. The number of aromatic nitrogens is 1. The Morgan fingerprint density at radius 3 is 3.16 bits per heavy atom. The summed E-state index contributed by atoms with van der Waals surface area (Å²) in [5.74, 6) is 0.0255. The zero-order valence-electron chi connectivity index (χ0n) is 11.3. The Hall–Kier alpha value is -1.13. The van der Waals surface area contributed by atoms with E-state index in [0.717, 1.165) is 25.0 Å². The third-order valence-electron chi connectivity index (χ3n) is 3.51. The maximum absolute atomic E-state index is 12.2. The lowest BCUT2D eigenvalue weighted by Crippen LogP contribution is -2.33. The van der Waals surface area contributed by atoms with Crippen LogP contribution >= 0.6 is 11.6 Å². The van der Waals surface area contributed by atoms with E-state index in [1.54, 1.807) is 12.3 Å². The molecule has 0 spiro atoms. The molecule has 1 fully saturated rings. The molecule has 5 heteroatoms. The molecule has 1 aromatic rings. The molecule has 1 aromatic heterocycles. The van der Waals surface area contributed by atoms with Crippen LogP contribution in [-0.2, 0) is 9.53 Å². The van der Waals surface area contributed by atoms with Crippen molar-refractivity contribution < 1.29 is 9.53 Å². The van der Waals surface area contributed by atoms with Crippen molar-refractivity contribution in [2.45, 2.75) is 39.2 Å². The Labute approximate surface area is 118 Å². The second-order valence-corrected chi connectivity index (χ2v) is 5.25. The number of halogens is 1. The Morgan fingerprint density at radius 1 is 1.63 bits per heavy atom. The van der Waals surface area contributed by atoms with Gasteiger partial charge in [-0.05, 0) is 32.3 Å². The third kappa shape index (κ3) is 3.45. The van der Waals surface area contributed by atoms with Gasteiger partial charge < -0.3 is 10.1 Å². The molecule has 104 valence electrons. The molecule has 4 nitrogen and oxygen atoms in total. The van der Waals surface area contributed by atoms with E-state index in [9.17, 15) is 4.79 Å². The average molecular weight is 283 g/mol. The molecule has 2 heterocycles. The Kier molecular flexibility index (Phi) is 4.77. The molecule has 1 amide bonds. The smallest absolute Gasteiger partial charge is 0.227 e. The Morgan fingerprint density at radius 2 is 2.42 bits per heavy atom. The summed E-state index contributed by atoms with van der Waals surface area (Å²) in [6, 6.07) is 1.73. The number of anilines is 1. The van der Waals surface area contributed by atoms with Gasteiger partial charge >= 0.3 is 0 Å². The van der Waals surface area contributed by atoms with Gasteiger partial charge in [-0.3, -0.25) is 9.78 Å². The number of rotatable bonds is 3. The average Bonchev–Trinajstić information content (AvgIpc) is 2.44. The predicted molar refractivity (Wildman–Crippen MR) is 75.4 cm³/mol. The molecule has 2 rings (SSSR count). The van der Waals surface area contributed by atoms with Gasteiger partial charge in [0, 0.05) is 18.7 Å². The van der Waals surface area contributed by atoms with Crippen molar-refractivity contribution in [3.8, 4) is 0 Å². The minimum absolute atomic E-state index is 0.00300. The highest BCUT2D eigenvalue weighted by Crippen LogP contribution is 2.27. The zero-order chi connectivity index (χ0) is 13.8. The minimum atomic E-state index is 0.00300. The molecular weight excluding hydrogens is 264 g/mol. The number of aryl methyl sites for hydroxylation is 1. The lowest BCUT2D eigenvalue weighted by atomic mass is 9.93. The predicted octanol–water partition coefficient (Wildman–Crippen LogP) is 3.19. The van der Waals surface area contributed by atoms with Crippen LogP contribution in [-0.4, -0.2) is 23.6 Å². The monoisotopic (exact) mass is 282 g/mol. The number of nitrogens with one attached hydrogen (secondary N) is 1. The molecule has 0 aromatic carbocycles. The van der Waals surface area contributed by atoms with Gasteiger partial charge in [0.15, 0.2) is 0 Å². The summed E-state index contributed by atoms with van der Waals surface area (Å²) in [5.41, 5.74) is 1.36. The second-order valence-electron chi connectivity index (χ2n) is 4.87. The van der Waals surface area contributed by atoms with Crippen molar-refractivity contribution in [2.24, 2.45) is 5.92 Å². The van der Waals surface area contributed by atoms with Gasteiger partial charge in [-0.25, -0.2) is 0 Å². The van der Waals surface area contributed by atoms with Crippen molar-refractivity contribution in [3.63, 3.8) is 0 Å². The van der Waals surface area contributed by atoms with Gasteiger partial charge in [-0.15, -0.1) is 0 Å². The number of carbonyl (C=O) groups excluding carboxylic acids is 1. The van der Waals surface area contributed by atoms with Gasteiger partial charge in [0.25, 0.3) is 0 Å². The van der Waals surface area contributed by atoms with Crippen LogP contribution in [0.25, 0.3) is 0 Å². The number of amides is 1. The van der Waals surface area contributed by atoms with Gasteiger partial charge in [0.1, 0.15) is 0 Å². The maximum atomic E-state index is 12.2. The number of nitrogens with zero attached hydrogens (tertiary/aromatic N) is 1. The molecular formula is C14H19ClN2O2. The topological polar surface area (TPSA) is 51.2 Å². The van der Waals surface area contributed by atoms with Crippen molar-refractivity contribution in [2.75, 3.05) is 11.9 Å². The highest BCUT2D eigenvalue weighted by molar-refractivity contribution is 6.34. The van der Waals surface area contributed by atoms with Gasteiger partial charge in [-0.1, -0.05) is 18.5 Å². The summed E-state index contributed by atoms with van der Waals surface area (Å²) in [7, 11) is 0. The molecule has 0 bridgehead atoms. The van der Waals surface area contributed by atoms with Gasteiger partial charge in [0.2, 0.25) is 5.91 Å². The van der Waals surface area contributed by atoms with Crippen LogP contribution < -0.4 is 5.32 Å². The van der Waals surface area contributed by atoms with E-state index in [-0.39, 0.29) is 17.9 Å². The van der Waals surface area contributed by atoms with Crippen LogP contribution in [0.5, 0.6) is 0 Å². The SMILES string of the molecule is CCC1CC(C(=O)Nc2ccnc(C)c2Cl)CCO1. The fraction of sp³-hybridized carbons (Fsp3) is 0.571. The summed E-state index contributed by atoms with van der Waals surface area (Å²) >= 11 is 6.13. The summed E-state index contributed by atoms with van der Waals surface area (Å²) in [5, 5.41) is 3.41. The van der Waals surface area contributed by atoms with E-state index in [1.165, 1.54) is 0 Å². The Balaban J connectivity index is 2.02. The largest absolute Gasteiger partial charge is 0.378 e. The van der Waals surface area contributed by atoms with Crippen LogP contribution in [0.15, 0.2) is 12.3 Å². The normalized spacial score (nSPS) is 23.1. The molecule has 2 unspecified atom stereocenters. The van der Waals surface area contributed by atoms with Gasteiger partial charge in [0.05, 0.1) is 22.5 Å². The van der Waals surface area contributed by atoms with Crippen LogP contribution in [0.4, 0.5) is 5.69 Å². The second kappa shape index (κ2) is 6.35. The van der Waals surface area contributed by atoms with Crippen LogP contribution in [0.1, 0.15) is 31.9 Å². The molecule has 1 aliphatic rings. The van der Waals surface area contributed by atoms with E-state index in [2.05, 4.69) is 17.2 Å². The number of pyridine rings is 1. The summed E-state index contributed by atoms with van der Waals surface area (Å²) in [6.45, 7) is 4.55. The van der Waals surface area contributed by atoms with Crippen molar-refractivity contribution in [3.05, 3.63) is 23.0 Å². The lowest BCUT2D eigenvalue weighted by Gasteiger charge is -2.28. The molecule has 1 saturated heterocycles. The van der Waals surface area contributed by atoms with Crippen LogP contribution in [0.3, 0.4) is 0 Å². The number of hydrogen-bond acceptors (Lipinski definition) is 3. The van der Waals surface area contributed by atoms with Gasteiger partial charge in [-0.2, -0.15) is 0 Å². The van der Waals surface area contributed by atoms with Crippen molar-refractivity contribution >= 4 is 23.2 Å². The first kappa shape index (κ1) is 14.3. The zero-order valence-corrected chi connectivity index (χ0v) is 12.0. The molecule has 1 N–H and O–H groups in total. The van der Waals surface area contributed by atoms with E-state index in [0.29, 0.717) is 17.3 Å². The van der Waals surface area contributed by atoms with Crippen LogP contribution in [0, 0.1) is 12.8 Å². The molecule has 0 saturated carbocycles. The quantitative estimate of drug-likeness (QED) is 0.926. The van der Waals surface area contributed by atoms with E-state index >= 15 is 0 Å². The third-order valence-corrected chi connectivity index (χ3v) is 3.99.